The minimum Gasteiger partial charge on any atom is -0.313 e. The molecule has 0 N–H and O–H groups in total. The number of aliphatic imine (C=N–C) groups is 1. The maximum absolute atomic E-state index is 5.13. The Kier molecular flexibility index (Phi) is 4.25. The van der Waals surface area contributed by atoms with Gasteiger partial charge in [0.2, 0.25) is 0 Å². The minimum absolute atomic E-state index is 0.263. The number of thioether (sulfide) groups is 1. The van der Waals surface area contributed by atoms with Crippen LogP contribution in [0, 0.1) is 0 Å². The Morgan fingerprint density at radius 1 is 1.00 bits per heavy atom. The summed E-state index contributed by atoms with van der Waals surface area (Å²) in [6, 6.07) is 21.8. The van der Waals surface area contributed by atoms with E-state index in [0.29, 0.717) is 0 Å². The van der Waals surface area contributed by atoms with Crippen molar-refractivity contribution in [1.82, 2.24) is 4.90 Å². The number of hydrogen-bond acceptors (Lipinski definition) is 3. The molecule has 1 unspecified atom stereocenters. The van der Waals surface area contributed by atoms with E-state index in [1.54, 1.807) is 11.8 Å². The van der Waals surface area contributed by atoms with Gasteiger partial charge >= 0.3 is 0 Å². The molecule has 0 amide bonds. The van der Waals surface area contributed by atoms with Crippen LogP contribution in [0.25, 0.3) is 6.08 Å². The molecule has 134 valence electrons. The maximum atomic E-state index is 5.13. The highest BCUT2D eigenvalue weighted by Gasteiger charge is 2.38. The van der Waals surface area contributed by atoms with Gasteiger partial charge in [-0.25, -0.2) is 4.99 Å². The largest absolute Gasteiger partial charge is 0.313 e. The van der Waals surface area contributed by atoms with E-state index in [1.807, 2.05) is 0 Å². The Morgan fingerprint density at radius 3 is 2.52 bits per heavy atom. The summed E-state index contributed by atoms with van der Waals surface area (Å²) in [6.45, 7) is 2.19. The fraction of sp³-hybridized carbons (Fsp3) is 0.208. The van der Waals surface area contributed by atoms with Crippen molar-refractivity contribution < 1.29 is 0 Å². The summed E-state index contributed by atoms with van der Waals surface area (Å²) >= 11 is 1.75. The molecule has 0 fully saturated rings. The van der Waals surface area contributed by atoms with Gasteiger partial charge < -0.3 is 4.90 Å². The van der Waals surface area contributed by atoms with Crippen LogP contribution in [-0.4, -0.2) is 10.1 Å². The number of rotatable bonds is 2. The zero-order valence-electron chi connectivity index (χ0n) is 15.4. The summed E-state index contributed by atoms with van der Waals surface area (Å²) in [5.74, 6) is 0. The molecule has 2 aromatic carbocycles. The molecular formula is C24H22N2S. The van der Waals surface area contributed by atoms with Crippen LogP contribution in [-0.2, 0) is 0 Å². The van der Waals surface area contributed by atoms with Gasteiger partial charge in [-0.05, 0) is 59.9 Å². The number of amidine groups is 1. The summed E-state index contributed by atoms with van der Waals surface area (Å²) in [6.07, 6.45) is 5.74. The van der Waals surface area contributed by atoms with Crippen LogP contribution in [0.1, 0.15) is 43.4 Å². The van der Waals surface area contributed by atoms with E-state index in [2.05, 4.69) is 84.0 Å². The van der Waals surface area contributed by atoms with E-state index in [-0.39, 0.29) is 6.04 Å². The molecule has 0 saturated heterocycles. The predicted molar refractivity (Wildman–Crippen MR) is 115 cm³/mol. The second-order valence-electron chi connectivity index (χ2n) is 7.26. The summed E-state index contributed by atoms with van der Waals surface area (Å²) in [4.78, 5) is 7.56. The topological polar surface area (TPSA) is 15.6 Å². The molecule has 1 aliphatic carbocycles. The molecule has 0 saturated carbocycles. The fourth-order valence-corrected chi connectivity index (χ4v) is 5.14. The monoisotopic (exact) mass is 370 g/mol. The molecule has 0 aromatic heterocycles. The molecule has 2 nitrogen and oxygen atoms in total. The van der Waals surface area contributed by atoms with Crippen molar-refractivity contribution in [3.05, 3.63) is 99.7 Å². The normalized spacial score (nSPS) is 23.1. The molecule has 0 bridgehead atoms. The van der Waals surface area contributed by atoms with Crippen molar-refractivity contribution in [2.75, 3.05) is 0 Å². The quantitative estimate of drug-likeness (QED) is 0.597. The standard InChI is InChI=1S/C24H22N2S/c1-17-16-27-24-25-22-20(15-18-9-4-2-5-10-18)13-8-14-21(22)23(26(17)24)19-11-6-3-7-12-19/h2-7,9-12,15-16,23H,8,13-14H2,1H3/b20-15+. The van der Waals surface area contributed by atoms with Crippen LogP contribution in [0.4, 0.5) is 0 Å². The molecule has 3 heteroatoms. The molecule has 0 spiro atoms. The third-order valence-corrected chi connectivity index (χ3v) is 6.43. The van der Waals surface area contributed by atoms with Gasteiger partial charge in [-0.1, -0.05) is 72.4 Å². The van der Waals surface area contributed by atoms with Gasteiger partial charge in [0.15, 0.2) is 5.17 Å². The molecule has 2 aliphatic heterocycles. The van der Waals surface area contributed by atoms with Gasteiger partial charge in [0.25, 0.3) is 0 Å². The zero-order valence-corrected chi connectivity index (χ0v) is 16.2. The summed E-state index contributed by atoms with van der Waals surface area (Å²) in [5.41, 5.74) is 7.97. The van der Waals surface area contributed by atoms with Crippen LogP contribution < -0.4 is 0 Å². The van der Waals surface area contributed by atoms with Gasteiger partial charge in [0, 0.05) is 5.70 Å². The van der Waals surface area contributed by atoms with Crippen molar-refractivity contribution in [2.45, 2.75) is 32.2 Å². The van der Waals surface area contributed by atoms with Crippen molar-refractivity contribution in [3.63, 3.8) is 0 Å². The Bertz CT molecular complexity index is 984. The average Bonchev–Trinajstić information content (AvgIpc) is 3.09. The Hall–Kier alpha value is -2.52. The zero-order chi connectivity index (χ0) is 18.2. The first-order valence-corrected chi connectivity index (χ1v) is 10.4. The maximum Gasteiger partial charge on any atom is 0.173 e. The summed E-state index contributed by atoms with van der Waals surface area (Å²) in [7, 11) is 0. The minimum atomic E-state index is 0.263. The summed E-state index contributed by atoms with van der Waals surface area (Å²) in [5, 5.41) is 3.34. The van der Waals surface area contributed by atoms with Crippen molar-refractivity contribution in [3.8, 4) is 0 Å². The van der Waals surface area contributed by atoms with E-state index in [4.69, 9.17) is 4.99 Å². The van der Waals surface area contributed by atoms with Crippen LogP contribution in [0.3, 0.4) is 0 Å². The SMILES string of the molecule is CC1=CSC2=NC3=C(CCC/C3=C\c3ccccc3)C(c3ccccc3)N12. The van der Waals surface area contributed by atoms with Gasteiger partial charge in [-0.2, -0.15) is 0 Å². The van der Waals surface area contributed by atoms with E-state index < -0.39 is 0 Å². The molecule has 1 atom stereocenters. The third-order valence-electron chi connectivity index (χ3n) is 5.47. The summed E-state index contributed by atoms with van der Waals surface area (Å²) < 4.78 is 0. The fourth-order valence-electron chi connectivity index (χ4n) is 4.25. The molecule has 5 rings (SSSR count). The van der Waals surface area contributed by atoms with Gasteiger partial charge in [-0.15, -0.1) is 0 Å². The second kappa shape index (κ2) is 6.90. The van der Waals surface area contributed by atoms with Crippen LogP contribution in [0.15, 0.2) is 93.6 Å². The predicted octanol–water partition coefficient (Wildman–Crippen LogP) is 6.53. The van der Waals surface area contributed by atoms with E-state index >= 15 is 0 Å². The van der Waals surface area contributed by atoms with Gasteiger partial charge in [0.1, 0.15) is 0 Å². The van der Waals surface area contributed by atoms with Crippen LogP contribution in [0.2, 0.25) is 0 Å². The third kappa shape index (κ3) is 2.96. The van der Waals surface area contributed by atoms with Gasteiger partial charge in [-0.3, -0.25) is 0 Å². The number of benzene rings is 2. The molecule has 2 aromatic rings. The molecule has 0 radical (unpaired) electrons. The molecule has 2 heterocycles. The lowest BCUT2D eigenvalue weighted by Gasteiger charge is -2.39. The number of fused-ring (bicyclic) bond motifs is 1. The van der Waals surface area contributed by atoms with Crippen molar-refractivity contribution in [2.24, 2.45) is 4.99 Å². The first-order valence-electron chi connectivity index (χ1n) is 9.56. The average molecular weight is 371 g/mol. The van der Waals surface area contributed by atoms with E-state index in [1.165, 1.54) is 40.1 Å². The van der Waals surface area contributed by atoms with E-state index in [9.17, 15) is 0 Å². The second-order valence-corrected chi connectivity index (χ2v) is 8.10. The Balaban J connectivity index is 1.66. The lowest BCUT2D eigenvalue weighted by molar-refractivity contribution is 0.413. The molecule has 27 heavy (non-hydrogen) atoms. The van der Waals surface area contributed by atoms with Crippen LogP contribution in [0.5, 0.6) is 0 Å². The van der Waals surface area contributed by atoms with Gasteiger partial charge in [0.05, 0.1) is 11.7 Å². The smallest absolute Gasteiger partial charge is 0.173 e. The number of nitrogens with zero attached hydrogens (tertiary/aromatic N) is 2. The highest BCUT2D eigenvalue weighted by molar-refractivity contribution is 8.16. The van der Waals surface area contributed by atoms with Crippen molar-refractivity contribution >= 4 is 23.0 Å². The lowest BCUT2D eigenvalue weighted by Crippen LogP contribution is -2.34. The molecular weight excluding hydrogens is 348 g/mol. The Labute approximate surface area is 165 Å². The number of allylic oxidation sites excluding steroid dienone is 2. The van der Waals surface area contributed by atoms with E-state index in [0.717, 1.165) is 18.0 Å². The first kappa shape index (κ1) is 16.6. The highest BCUT2D eigenvalue weighted by atomic mass is 32.2. The number of hydrogen-bond donors (Lipinski definition) is 0. The van der Waals surface area contributed by atoms with Crippen molar-refractivity contribution in [1.29, 1.82) is 0 Å². The first-order chi connectivity index (χ1) is 13.3. The Morgan fingerprint density at radius 2 is 1.74 bits per heavy atom. The molecule has 3 aliphatic rings. The highest BCUT2D eigenvalue weighted by Crippen LogP contribution is 2.48. The lowest BCUT2D eigenvalue weighted by atomic mass is 9.83. The van der Waals surface area contributed by atoms with Crippen LogP contribution >= 0.6 is 11.8 Å².